The number of rotatable bonds is 2. The first-order chi connectivity index (χ1) is 8.20. The summed E-state index contributed by atoms with van der Waals surface area (Å²) in [5.41, 5.74) is 6.26. The molecule has 0 radical (unpaired) electrons. The Labute approximate surface area is 107 Å². The van der Waals surface area contributed by atoms with Crippen molar-refractivity contribution in [2.24, 2.45) is 10.7 Å². The maximum absolute atomic E-state index is 6.07. The maximum atomic E-state index is 6.07. The van der Waals surface area contributed by atoms with Crippen molar-refractivity contribution in [3.63, 3.8) is 0 Å². The summed E-state index contributed by atoms with van der Waals surface area (Å²) in [6.45, 7) is 5.03. The third kappa shape index (κ3) is 2.03. The van der Waals surface area contributed by atoms with E-state index in [2.05, 4.69) is 16.8 Å². The summed E-state index contributed by atoms with van der Waals surface area (Å²) in [5.74, 6) is 1.89. The first kappa shape index (κ1) is 11.7. The lowest BCUT2D eigenvalue weighted by Gasteiger charge is -2.37. The van der Waals surface area contributed by atoms with Crippen molar-refractivity contribution < 1.29 is 4.74 Å². The summed E-state index contributed by atoms with van der Waals surface area (Å²) < 4.78 is 5.73. The first-order valence-electron chi connectivity index (χ1n) is 6.50. The first-order valence-corrected chi connectivity index (χ1v) is 7.55. The zero-order valence-electron chi connectivity index (χ0n) is 10.4. The summed E-state index contributed by atoms with van der Waals surface area (Å²) in [7, 11) is 0. The smallest absolute Gasteiger partial charge is 0.191 e. The Kier molecular flexibility index (Phi) is 2.99. The van der Waals surface area contributed by atoms with Crippen LogP contribution in [-0.4, -0.2) is 53.2 Å². The standard InChI is InChI=1S/C12H21N3OS/c1-9-5-12(8-17-9)7-14-11(13)15(12)6-10-3-2-4-16-10/h9-10H,2-8H2,1H3,(H2,13,14). The van der Waals surface area contributed by atoms with Crippen molar-refractivity contribution in [3.8, 4) is 0 Å². The SMILES string of the molecule is CC1CC2(CN=C(N)N2CC2CCCO2)CS1. The van der Waals surface area contributed by atoms with Gasteiger partial charge in [-0.05, 0) is 19.3 Å². The molecule has 3 aliphatic heterocycles. The number of thioether (sulfide) groups is 1. The normalized spacial score (nSPS) is 41.5. The van der Waals surface area contributed by atoms with Crippen molar-refractivity contribution >= 4 is 17.7 Å². The second kappa shape index (κ2) is 4.35. The Morgan fingerprint density at radius 1 is 1.65 bits per heavy atom. The molecular formula is C12H21N3OS. The lowest BCUT2D eigenvalue weighted by atomic mass is 9.95. The van der Waals surface area contributed by atoms with Crippen LogP contribution in [0.15, 0.2) is 4.99 Å². The number of hydrogen-bond acceptors (Lipinski definition) is 5. The molecule has 17 heavy (non-hydrogen) atoms. The van der Waals surface area contributed by atoms with Crippen LogP contribution in [0.1, 0.15) is 26.2 Å². The number of aliphatic imine (C=N–C) groups is 1. The van der Waals surface area contributed by atoms with Crippen LogP contribution in [0.3, 0.4) is 0 Å². The molecule has 2 fully saturated rings. The Hall–Kier alpha value is -0.420. The number of nitrogens with zero attached hydrogens (tertiary/aromatic N) is 2. The summed E-state index contributed by atoms with van der Waals surface area (Å²) in [4.78, 5) is 6.81. The van der Waals surface area contributed by atoms with E-state index >= 15 is 0 Å². The van der Waals surface area contributed by atoms with Gasteiger partial charge in [-0.15, -0.1) is 0 Å². The minimum Gasteiger partial charge on any atom is -0.376 e. The van der Waals surface area contributed by atoms with E-state index in [0.29, 0.717) is 6.10 Å². The van der Waals surface area contributed by atoms with Gasteiger partial charge in [0, 0.05) is 24.2 Å². The lowest BCUT2D eigenvalue weighted by molar-refractivity contribution is 0.0703. The summed E-state index contributed by atoms with van der Waals surface area (Å²) in [6, 6.07) is 0. The molecule has 0 aliphatic carbocycles. The molecule has 3 heterocycles. The average molecular weight is 255 g/mol. The van der Waals surface area contributed by atoms with Gasteiger partial charge < -0.3 is 15.4 Å². The van der Waals surface area contributed by atoms with Gasteiger partial charge in [-0.2, -0.15) is 11.8 Å². The van der Waals surface area contributed by atoms with Gasteiger partial charge in [0.05, 0.1) is 18.2 Å². The highest BCUT2D eigenvalue weighted by Crippen LogP contribution is 2.41. The van der Waals surface area contributed by atoms with Crippen LogP contribution in [0.5, 0.6) is 0 Å². The summed E-state index contributed by atoms with van der Waals surface area (Å²) in [5, 5.41) is 0.725. The van der Waals surface area contributed by atoms with Crippen molar-refractivity contribution in [1.82, 2.24) is 4.90 Å². The Balaban J connectivity index is 1.72. The minimum atomic E-state index is 0.195. The molecule has 3 unspecified atom stereocenters. The third-order valence-corrected chi connectivity index (χ3v) is 5.54. The van der Waals surface area contributed by atoms with E-state index in [0.717, 1.165) is 36.7 Å². The fourth-order valence-electron chi connectivity index (χ4n) is 3.17. The molecule has 0 bridgehead atoms. The van der Waals surface area contributed by atoms with E-state index in [4.69, 9.17) is 10.5 Å². The van der Waals surface area contributed by atoms with Gasteiger partial charge >= 0.3 is 0 Å². The quantitative estimate of drug-likeness (QED) is 0.801. The van der Waals surface area contributed by atoms with Crippen LogP contribution < -0.4 is 5.73 Å². The molecule has 0 saturated carbocycles. The molecule has 3 aliphatic rings. The minimum absolute atomic E-state index is 0.195. The number of nitrogens with two attached hydrogens (primary N) is 1. The van der Waals surface area contributed by atoms with Crippen molar-refractivity contribution in [3.05, 3.63) is 0 Å². The molecule has 0 aromatic heterocycles. The molecule has 0 aromatic carbocycles. The van der Waals surface area contributed by atoms with Crippen LogP contribution in [0.4, 0.5) is 0 Å². The van der Waals surface area contributed by atoms with Gasteiger partial charge in [-0.3, -0.25) is 4.99 Å². The van der Waals surface area contributed by atoms with Gasteiger partial charge in [0.2, 0.25) is 0 Å². The molecule has 0 aromatic rings. The Morgan fingerprint density at radius 3 is 3.18 bits per heavy atom. The largest absolute Gasteiger partial charge is 0.376 e. The van der Waals surface area contributed by atoms with Crippen LogP contribution in [0.25, 0.3) is 0 Å². The van der Waals surface area contributed by atoms with Gasteiger partial charge in [0.15, 0.2) is 5.96 Å². The van der Waals surface area contributed by atoms with Gasteiger partial charge in [0.25, 0.3) is 0 Å². The molecule has 5 heteroatoms. The molecule has 2 saturated heterocycles. The summed E-state index contributed by atoms with van der Waals surface area (Å²) in [6.07, 6.45) is 3.92. The van der Waals surface area contributed by atoms with E-state index in [1.165, 1.54) is 19.3 Å². The zero-order valence-corrected chi connectivity index (χ0v) is 11.2. The molecule has 3 rings (SSSR count). The highest BCUT2D eigenvalue weighted by atomic mass is 32.2. The fourth-order valence-corrected chi connectivity index (χ4v) is 4.56. The van der Waals surface area contributed by atoms with E-state index < -0.39 is 0 Å². The van der Waals surface area contributed by atoms with Crippen molar-refractivity contribution in [1.29, 1.82) is 0 Å². The van der Waals surface area contributed by atoms with E-state index in [1.807, 2.05) is 11.8 Å². The maximum Gasteiger partial charge on any atom is 0.191 e. The van der Waals surface area contributed by atoms with Crippen molar-refractivity contribution in [2.75, 3.05) is 25.4 Å². The highest BCUT2D eigenvalue weighted by molar-refractivity contribution is 8.00. The average Bonchev–Trinajstić information content (AvgIpc) is 2.98. The topological polar surface area (TPSA) is 50.8 Å². The highest BCUT2D eigenvalue weighted by Gasteiger charge is 2.47. The van der Waals surface area contributed by atoms with Gasteiger partial charge in [0.1, 0.15) is 0 Å². The Morgan fingerprint density at radius 2 is 2.53 bits per heavy atom. The fraction of sp³-hybridized carbons (Fsp3) is 0.917. The number of guanidine groups is 1. The zero-order chi connectivity index (χ0) is 11.9. The van der Waals surface area contributed by atoms with Crippen LogP contribution >= 0.6 is 11.8 Å². The third-order valence-electron chi connectivity index (χ3n) is 4.10. The number of ether oxygens (including phenoxy) is 1. The van der Waals surface area contributed by atoms with Crippen molar-refractivity contribution in [2.45, 2.75) is 43.1 Å². The van der Waals surface area contributed by atoms with Crippen LogP contribution in [0, 0.1) is 0 Å². The molecule has 1 spiro atoms. The second-order valence-corrected chi connectivity index (χ2v) is 6.90. The molecule has 0 amide bonds. The predicted molar refractivity (Wildman–Crippen MR) is 71.4 cm³/mol. The van der Waals surface area contributed by atoms with E-state index in [9.17, 15) is 0 Å². The monoisotopic (exact) mass is 255 g/mol. The lowest BCUT2D eigenvalue weighted by Crippen LogP contribution is -2.54. The Bertz CT molecular complexity index is 330. The van der Waals surface area contributed by atoms with E-state index in [-0.39, 0.29) is 5.54 Å². The molecular weight excluding hydrogens is 234 g/mol. The predicted octanol–water partition coefficient (Wildman–Crippen LogP) is 1.06. The molecule has 2 N–H and O–H groups in total. The summed E-state index contributed by atoms with van der Waals surface area (Å²) >= 11 is 2.05. The van der Waals surface area contributed by atoms with Crippen LogP contribution in [0.2, 0.25) is 0 Å². The van der Waals surface area contributed by atoms with Gasteiger partial charge in [-0.25, -0.2) is 0 Å². The van der Waals surface area contributed by atoms with Gasteiger partial charge in [-0.1, -0.05) is 6.92 Å². The molecule has 96 valence electrons. The second-order valence-electron chi connectivity index (χ2n) is 5.47. The number of hydrogen-bond donors (Lipinski definition) is 1. The molecule has 3 atom stereocenters. The van der Waals surface area contributed by atoms with Crippen LogP contribution in [-0.2, 0) is 4.74 Å². The van der Waals surface area contributed by atoms with E-state index in [1.54, 1.807) is 0 Å². The molecule has 4 nitrogen and oxygen atoms in total.